The normalized spacial score (nSPS) is 14.7. The summed E-state index contributed by atoms with van der Waals surface area (Å²) >= 11 is 6.11. The summed E-state index contributed by atoms with van der Waals surface area (Å²) in [5.41, 5.74) is 1.26. The van der Waals surface area contributed by atoms with Gasteiger partial charge in [0.15, 0.2) is 0 Å². The highest BCUT2D eigenvalue weighted by Crippen LogP contribution is 2.39. The van der Waals surface area contributed by atoms with Crippen molar-refractivity contribution in [1.29, 1.82) is 0 Å². The van der Waals surface area contributed by atoms with Crippen molar-refractivity contribution in [3.05, 3.63) is 50.5 Å². The second-order valence-electron chi connectivity index (χ2n) is 4.42. The number of hydrogen-bond acceptors (Lipinski definition) is 4. The van der Waals surface area contributed by atoms with Crippen LogP contribution in [-0.4, -0.2) is 6.04 Å². The zero-order valence-corrected chi connectivity index (χ0v) is 12.0. The smallest absolute Gasteiger partial charge is 0.263 e. The number of rotatable bonds is 4. The summed E-state index contributed by atoms with van der Waals surface area (Å²) in [5, 5.41) is 1.34. The Bertz CT molecular complexity index is 589. The molecule has 1 aliphatic carbocycles. The molecule has 0 aliphatic heterocycles. The second kappa shape index (κ2) is 5.03. The predicted molar refractivity (Wildman–Crippen MR) is 79.1 cm³/mol. The van der Waals surface area contributed by atoms with Gasteiger partial charge in [0.2, 0.25) is 0 Å². The Morgan fingerprint density at radius 2 is 1.94 bits per heavy atom. The van der Waals surface area contributed by atoms with Crippen molar-refractivity contribution in [2.45, 2.75) is 25.4 Å². The van der Waals surface area contributed by atoms with Crippen LogP contribution in [0, 0.1) is 0 Å². The highest BCUT2D eigenvalue weighted by molar-refractivity contribution is 7.70. The van der Waals surface area contributed by atoms with Crippen LogP contribution in [0.3, 0.4) is 0 Å². The lowest BCUT2D eigenvalue weighted by Gasteiger charge is -2.22. The minimum atomic E-state index is -0.0182. The number of anilines is 1. The van der Waals surface area contributed by atoms with Gasteiger partial charge >= 0.3 is 0 Å². The summed E-state index contributed by atoms with van der Waals surface area (Å²) < 4.78 is -0.0182. The van der Waals surface area contributed by atoms with E-state index in [-0.39, 0.29) is 4.74 Å². The van der Waals surface area contributed by atoms with E-state index in [0.717, 1.165) is 11.5 Å². The molecule has 1 aromatic heterocycles. The lowest BCUT2D eigenvalue weighted by Crippen LogP contribution is -2.24. The van der Waals surface area contributed by atoms with E-state index in [1.54, 1.807) is 0 Å². The Balaban J connectivity index is 1.89. The number of benzene rings is 1. The Kier molecular flexibility index (Phi) is 3.41. The van der Waals surface area contributed by atoms with Gasteiger partial charge in [-0.25, -0.2) is 0 Å². The minimum absolute atomic E-state index is 0.0182. The zero-order valence-electron chi connectivity index (χ0n) is 9.64. The number of nitrogens with zero attached hydrogens (tertiary/aromatic N) is 1. The van der Waals surface area contributed by atoms with E-state index < -0.39 is 0 Å². The molecule has 3 rings (SSSR count). The summed E-state index contributed by atoms with van der Waals surface area (Å²) in [7, 11) is 2.72. The quantitative estimate of drug-likeness (QED) is 0.795. The topological polar surface area (TPSA) is 20.3 Å². The lowest BCUT2D eigenvalue weighted by atomic mass is 10.2. The largest absolute Gasteiger partial charge is 0.354 e. The first-order chi connectivity index (χ1) is 8.75. The molecule has 18 heavy (non-hydrogen) atoms. The molecule has 0 saturated heterocycles. The second-order valence-corrected chi connectivity index (χ2v) is 6.89. The van der Waals surface area contributed by atoms with Crippen LogP contribution in [0.2, 0.25) is 5.02 Å². The fourth-order valence-electron chi connectivity index (χ4n) is 1.94. The molecular formula is C13H12ClNOS2. The van der Waals surface area contributed by atoms with E-state index in [4.69, 9.17) is 11.6 Å². The van der Waals surface area contributed by atoms with Crippen molar-refractivity contribution in [1.82, 2.24) is 0 Å². The predicted octanol–water partition coefficient (Wildman–Crippen LogP) is 3.99. The molecule has 0 bridgehead atoms. The summed E-state index contributed by atoms with van der Waals surface area (Å²) in [6, 6.07) is 10.9. The van der Waals surface area contributed by atoms with E-state index in [1.807, 2.05) is 18.2 Å². The number of halogens is 1. The van der Waals surface area contributed by atoms with Gasteiger partial charge in [0.05, 0.1) is 0 Å². The number of hydrogen-bond donors (Lipinski definition) is 0. The summed E-state index contributed by atoms with van der Waals surface area (Å²) in [4.78, 5) is 13.8. The van der Waals surface area contributed by atoms with Gasteiger partial charge in [0.25, 0.3) is 4.74 Å². The van der Waals surface area contributed by atoms with Crippen molar-refractivity contribution in [3.8, 4) is 0 Å². The average Bonchev–Trinajstić information content (AvgIpc) is 3.17. The van der Waals surface area contributed by atoms with Crippen molar-refractivity contribution >= 4 is 37.3 Å². The van der Waals surface area contributed by atoms with E-state index >= 15 is 0 Å². The highest BCUT2D eigenvalue weighted by Gasteiger charge is 2.32. The Morgan fingerprint density at radius 1 is 1.22 bits per heavy atom. The Labute approximate surface area is 118 Å². The molecule has 1 saturated carbocycles. The Morgan fingerprint density at radius 3 is 2.50 bits per heavy atom. The molecule has 0 amide bonds. The van der Waals surface area contributed by atoms with Gasteiger partial charge in [-0.05, 0) is 28.7 Å². The molecule has 0 N–H and O–H groups in total. The van der Waals surface area contributed by atoms with Gasteiger partial charge in [0.1, 0.15) is 10.0 Å². The SMILES string of the molecule is O=c1ssc(N(Cc2ccccc2)C2CC2)c1Cl. The van der Waals surface area contributed by atoms with Gasteiger partial charge in [-0.1, -0.05) is 52.3 Å². The van der Waals surface area contributed by atoms with Gasteiger partial charge in [-0.15, -0.1) is 0 Å². The molecule has 2 nitrogen and oxygen atoms in total. The summed E-state index contributed by atoms with van der Waals surface area (Å²) in [5.74, 6) is 0. The van der Waals surface area contributed by atoms with Crippen LogP contribution in [0.1, 0.15) is 18.4 Å². The van der Waals surface area contributed by atoms with E-state index in [1.165, 1.54) is 39.1 Å². The van der Waals surface area contributed by atoms with Crippen molar-refractivity contribution < 1.29 is 0 Å². The van der Waals surface area contributed by atoms with Gasteiger partial charge < -0.3 is 4.90 Å². The highest BCUT2D eigenvalue weighted by atomic mass is 35.5. The van der Waals surface area contributed by atoms with Gasteiger partial charge in [-0.3, -0.25) is 4.79 Å². The molecule has 1 heterocycles. The van der Waals surface area contributed by atoms with Crippen LogP contribution in [0.15, 0.2) is 35.1 Å². The van der Waals surface area contributed by atoms with Crippen LogP contribution in [0.5, 0.6) is 0 Å². The summed E-state index contributed by atoms with van der Waals surface area (Å²) in [6.07, 6.45) is 2.39. The monoisotopic (exact) mass is 297 g/mol. The standard InChI is InChI=1S/C13H12ClNOS2/c14-11-12(17-18-13(11)16)15(10-6-7-10)8-9-4-2-1-3-5-9/h1-5,10H,6-8H2. The summed E-state index contributed by atoms with van der Waals surface area (Å²) in [6.45, 7) is 0.831. The minimum Gasteiger partial charge on any atom is -0.354 e. The average molecular weight is 298 g/mol. The van der Waals surface area contributed by atoms with E-state index in [2.05, 4.69) is 17.0 Å². The van der Waals surface area contributed by atoms with Crippen LogP contribution >= 0.6 is 32.3 Å². The fourth-order valence-corrected chi connectivity index (χ4v) is 4.67. The molecular weight excluding hydrogens is 286 g/mol. The molecule has 1 aliphatic rings. The maximum atomic E-state index is 11.5. The van der Waals surface area contributed by atoms with Crippen molar-refractivity contribution in [2.75, 3.05) is 4.90 Å². The molecule has 2 aromatic rings. The van der Waals surface area contributed by atoms with Crippen molar-refractivity contribution in [3.63, 3.8) is 0 Å². The zero-order chi connectivity index (χ0) is 12.5. The van der Waals surface area contributed by atoms with Crippen LogP contribution < -0.4 is 9.64 Å². The molecule has 0 radical (unpaired) electrons. The first kappa shape index (κ1) is 12.2. The van der Waals surface area contributed by atoms with E-state index in [0.29, 0.717) is 11.1 Å². The fraction of sp³-hybridized carbons (Fsp3) is 0.308. The third-order valence-electron chi connectivity index (χ3n) is 3.01. The van der Waals surface area contributed by atoms with Crippen molar-refractivity contribution in [2.24, 2.45) is 0 Å². The molecule has 0 spiro atoms. The van der Waals surface area contributed by atoms with Crippen LogP contribution in [-0.2, 0) is 6.54 Å². The molecule has 1 aromatic carbocycles. The van der Waals surface area contributed by atoms with Gasteiger partial charge in [-0.2, -0.15) is 0 Å². The molecule has 1 fully saturated rings. The molecule has 94 valence electrons. The van der Waals surface area contributed by atoms with Crippen LogP contribution in [0.4, 0.5) is 5.00 Å². The third-order valence-corrected chi connectivity index (χ3v) is 5.80. The molecule has 0 unspecified atom stereocenters. The third kappa shape index (κ3) is 2.46. The van der Waals surface area contributed by atoms with Gasteiger partial charge in [0, 0.05) is 12.6 Å². The Hall–Kier alpha value is -0.840. The first-order valence-electron chi connectivity index (χ1n) is 5.85. The maximum absolute atomic E-state index is 11.5. The maximum Gasteiger partial charge on any atom is 0.263 e. The molecule has 5 heteroatoms. The van der Waals surface area contributed by atoms with E-state index in [9.17, 15) is 4.79 Å². The first-order valence-corrected chi connectivity index (χ1v) is 8.37. The van der Waals surface area contributed by atoms with Crippen LogP contribution in [0.25, 0.3) is 0 Å². The lowest BCUT2D eigenvalue weighted by molar-refractivity contribution is 0.803. The molecule has 0 atom stereocenters.